The predicted molar refractivity (Wildman–Crippen MR) is 110 cm³/mol. The van der Waals surface area contributed by atoms with Crippen LogP contribution in [0.15, 0.2) is 65.3 Å². The molecule has 0 spiro atoms. The van der Waals surface area contributed by atoms with E-state index in [1.54, 1.807) is 10.8 Å². The highest BCUT2D eigenvalue weighted by molar-refractivity contribution is 6.31. The van der Waals surface area contributed by atoms with Gasteiger partial charge in [-0.15, -0.1) is 0 Å². The molecule has 2 heterocycles. The Morgan fingerprint density at radius 3 is 2.50 bits per heavy atom. The minimum absolute atomic E-state index is 0.201. The van der Waals surface area contributed by atoms with E-state index in [2.05, 4.69) is 17.0 Å². The monoisotopic (exact) mass is 391 g/mol. The lowest BCUT2D eigenvalue weighted by Crippen LogP contribution is -2.05. The maximum Gasteiger partial charge on any atom is 0.363 e. The second-order valence-corrected chi connectivity index (χ2v) is 6.78. The van der Waals surface area contributed by atoms with Gasteiger partial charge in [-0.25, -0.2) is 14.5 Å². The maximum absolute atomic E-state index is 12.3. The maximum atomic E-state index is 12.3. The first-order valence-corrected chi connectivity index (χ1v) is 9.37. The van der Waals surface area contributed by atoms with E-state index in [1.807, 2.05) is 61.5 Å². The Morgan fingerprint density at radius 2 is 1.82 bits per heavy atom. The summed E-state index contributed by atoms with van der Waals surface area (Å²) in [5.74, 6) is -0.208. The number of hydrogen-bond donors (Lipinski definition) is 0. The third-order valence-corrected chi connectivity index (χ3v) is 4.92. The van der Waals surface area contributed by atoms with Crippen molar-refractivity contribution in [1.82, 2.24) is 9.78 Å². The molecule has 0 amide bonds. The Balaban J connectivity index is 1.70. The summed E-state index contributed by atoms with van der Waals surface area (Å²) < 4.78 is 6.99. The van der Waals surface area contributed by atoms with Crippen LogP contribution in [0, 0.1) is 6.92 Å². The molecule has 0 fully saturated rings. The van der Waals surface area contributed by atoms with E-state index in [0.29, 0.717) is 22.3 Å². The quantitative estimate of drug-likeness (QED) is 0.476. The van der Waals surface area contributed by atoms with Gasteiger partial charge in [0.15, 0.2) is 5.70 Å². The molecular formula is C22H18ClN3O2. The summed E-state index contributed by atoms with van der Waals surface area (Å²) in [5, 5.41) is 4.90. The van der Waals surface area contributed by atoms with Gasteiger partial charge < -0.3 is 4.74 Å². The van der Waals surface area contributed by atoms with Crippen molar-refractivity contribution in [3.63, 3.8) is 0 Å². The summed E-state index contributed by atoms with van der Waals surface area (Å²) in [4.78, 5) is 16.7. The van der Waals surface area contributed by atoms with Crippen molar-refractivity contribution >= 4 is 29.5 Å². The average Bonchev–Trinajstić information content (AvgIpc) is 3.23. The Bertz CT molecular complexity index is 1100. The topological polar surface area (TPSA) is 56.5 Å². The molecule has 28 heavy (non-hydrogen) atoms. The molecule has 1 aliphatic heterocycles. The highest BCUT2D eigenvalue weighted by Gasteiger charge is 2.25. The van der Waals surface area contributed by atoms with Crippen molar-refractivity contribution in [1.29, 1.82) is 0 Å². The number of nitrogens with zero attached hydrogens (tertiary/aromatic N) is 3. The summed E-state index contributed by atoms with van der Waals surface area (Å²) in [7, 11) is 0. The summed E-state index contributed by atoms with van der Waals surface area (Å²) in [6.07, 6.45) is 2.57. The number of esters is 1. The molecule has 0 unspecified atom stereocenters. The number of cyclic esters (lactones) is 1. The Morgan fingerprint density at radius 1 is 1.11 bits per heavy atom. The number of aryl methyl sites for hydroxylation is 2. The van der Waals surface area contributed by atoms with E-state index in [0.717, 1.165) is 17.7 Å². The summed E-state index contributed by atoms with van der Waals surface area (Å²) in [6.45, 7) is 3.93. The first kappa shape index (κ1) is 18.2. The normalized spacial score (nSPS) is 15.0. The molecule has 0 atom stereocenters. The number of carbonyl (C=O) groups excluding carboxylic acids is 1. The molecule has 1 aliphatic rings. The van der Waals surface area contributed by atoms with Gasteiger partial charge >= 0.3 is 5.97 Å². The van der Waals surface area contributed by atoms with E-state index in [4.69, 9.17) is 16.3 Å². The van der Waals surface area contributed by atoms with Gasteiger partial charge in [0.25, 0.3) is 0 Å². The van der Waals surface area contributed by atoms with Crippen LogP contribution >= 0.6 is 11.6 Å². The zero-order valence-electron chi connectivity index (χ0n) is 15.5. The van der Waals surface area contributed by atoms with Gasteiger partial charge in [0.1, 0.15) is 5.15 Å². The molecule has 0 saturated carbocycles. The first-order chi connectivity index (χ1) is 13.6. The van der Waals surface area contributed by atoms with Gasteiger partial charge in [-0.2, -0.15) is 5.10 Å². The van der Waals surface area contributed by atoms with Crippen LogP contribution in [0.3, 0.4) is 0 Å². The van der Waals surface area contributed by atoms with E-state index in [9.17, 15) is 4.79 Å². The number of hydrogen-bond acceptors (Lipinski definition) is 4. The first-order valence-electron chi connectivity index (χ1n) is 8.99. The minimum atomic E-state index is -0.502. The fourth-order valence-corrected chi connectivity index (χ4v) is 3.29. The minimum Gasteiger partial charge on any atom is -0.402 e. The molecule has 2 aromatic carbocycles. The molecule has 0 radical (unpaired) electrons. The number of para-hydroxylation sites is 1. The lowest BCUT2D eigenvalue weighted by molar-refractivity contribution is -0.129. The highest BCUT2D eigenvalue weighted by Crippen LogP contribution is 2.28. The molecule has 0 saturated heterocycles. The third-order valence-electron chi connectivity index (χ3n) is 4.56. The molecule has 0 aliphatic carbocycles. The van der Waals surface area contributed by atoms with Gasteiger partial charge in [0, 0.05) is 11.1 Å². The fraction of sp³-hybridized carbons (Fsp3) is 0.136. The number of carbonyl (C=O) groups is 1. The molecule has 3 aromatic rings. The summed E-state index contributed by atoms with van der Waals surface area (Å²) >= 11 is 6.53. The second kappa shape index (κ2) is 7.44. The number of aromatic nitrogens is 2. The van der Waals surface area contributed by atoms with E-state index in [-0.39, 0.29) is 5.70 Å². The Kier molecular flexibility index (Phi) is 4.84. The van der Waals surface area contributed by atoms with Crippen LogP contribution in [-0.2, 0) is 16.0 Å². The third kappa shape index (κ3) is 3.37. The molecule has 1 aromatic heterocycles. The molecule has 0 N–H and O–H groups in total. The SMILES string of the molecule is CCc1ccc(C2=N/C(=C\c3c(C)nn(-c4ccccc4)c3Cl)C(=O)O2)cc1. The van der Waals surface area contributed by atoms with E-state index in [1.165, 1.54) is 5.56 Å². The molecule has 5 nitrogen and oxygen atoms in total. The van der Waals surface area contributed by atoms with Gasteiger partial charge in [-0.1, -0.05) is 48.9 Å². The van der Waals surface area contributed by atoms with Gasteiger partial charge in [-0.05, 0) is 49.2 Å². The molecular weight excluding hydrogens is 374 g/mol. The predicted octanol–water partition coefficient (Wildman–Crippen LogP) is 4.74. The van der Waals surface area contributed by atoms with Crippen LogP contribution < -0.4 is 0 Å². The molecule has 140 valence electrons. The van der Waals surface area contributed by atoms with Crippen LogP contribution in [0.2, 0.25) is 5.15 Å². The smallest absolute Gasteiger partial charge is 0.363 e. The number of benzene rings is 2. The van der Waals surface area contributed by atoms with Gasteiger partial charge in [0.2, 0.25) is 5.90 Å². The number of rotatable bonds is 4. The lowest BCUT2D eigenvalue weighted by Gasteiger charge is -2.01. The van der Waals surface area contributed by atoms with Gasteiger partial charge in [-0.3, -0.25) is 0 Å². The zero-order valence-corrected chi connectivity index (χ0v) is 16.3. The van der Waals surface area contributed by atoms with Crippen molar-refractivity contribution < 1.29 is 9.53 Å². The second-order valence-electron chi connectivity index (χ2n) is 6.42. The van der Waals surface area contributed by atoms with Crippen molar-refractivity contribution in [2.75, 3.05) is 0 Å². The van der Waals surface area contributed by atoms with Crippen LogP contribution in [0.1, 0.15) is 29.3 Å². The summed E-state index contributed by atoms with van der Waals surface area (Å²) in [5.41, 5.74) is 4.35. The van der Waals surface area contributed by atoms with Crippen molar-refractivity contribution in [3.05, 3.63) is 87.8 Å². The fourth-order valence-electron chi connectivity index (χ4n) is 2.97. The largest absolute Gasteiger partial charge is 0.402 e. The molecule has 6 heteroatoms. The van der Waals surface area contributed by atoms with Crippen LogP contribution in [0.5, 0.6) is 0 Å². The Hall–Kier alpha value is -3.18. The van der Waals surface area contributed by atoms with E-state index < -0.39 is 5.97 Å². The number of halogens is 1. The van der Waals surface area contributed by atoms with Crippen molar-refractivity contribution in [2.24, 2.45) is 4.99 Å². The van der Waals surface area contributed by atoms with Crippen LogP contribution in [0.25, 0.3) is 11.8 Å². The molecule has 4 rings (SSSR count). The summed E-state index contributed by atoms with van der Waals surface area (Å²) in [6, 6.07) is 17.4. The molecule has 0 bridgehead atoms. The standard InChI is InChI=1S/C22H18ClN3O2/c1-3-15-9-11-16(12-10-15)21-24-19(22(27)28-21)13-18-14(2)25-26(20(18)23)17-7-5-4-6-8-17/h4-13H,3H2,1-2H3/b19-13-. The Labute approximate surface area is 167 Å². The van der Waals surface area contributed by atoms with Crippen molar-refractivity contribution in [3.8, 4) is 5.69 Å². The van der Waals surface area contributed by atoms with Gasteiger partial charge in [0.05, 0.1) is 11.4 Å². The van der Waals surface area contributed by atoms with E-state index >= 15 is 0 Å². The van der Waals surface area contributed by atoms with Crippen LogP contribution in [0.4, 0.5) is 0 Å². The number of aliphatic imine (C=N–C) groups is 1. The van der Waals surface area contributed by atoms with Crippen molar-refractivity contribution in [2.45, 2.75) is 20.3 Å². The highest BCUT2D eigenvalue weighted by atomic mass is 35.5. The van der Waals surface area contributed by atoms with Crippen LogP contribution in [-0.4, -0.2) is 21.6 Å². The zero-order chi connectivity index (χ0) is 19.7. The average molecular weight is 392 g/mol. The number of ether oxygens (including phenoxy) is 1. The lowest BCUT2D eigenvalue weighted by atomic mass is 10.1.